The molecule has 81 valence electrons. The molecule has 0 amide bonds. The van der Waals surface area contributed by atoms with Crippen LogP contribution in [0.2, 0.25) is 0 Å². The van der Waals surface area contributed by atoms with E-state index in [2.05, 4.69) is 6.92 Å². The molecular weight excluding hydrogens is 198 g/mol. The SMILES string of the molecule is [CH2]C(CO)c1cccc([N+](=O)[O-])c1OC. The Morgan fingerprint density at radius 2 is 2.33 bits per heavy atom. The number of hydrogen-bond donors (Lipinski definition) is 1. The Labute approximate surface area is 87.5 Å². The normalized spacial score (nSPS) is 12.2. The molecule has 5 heteroatoms. The Hall–Kier alpha value is -1.62. The van der Waals surface area contributed by atoms with Crippen molar-refractivity contribution in [2.24, 2.45) is 0 Å². The third-order valence-electron chi connectivity index (χ3n) is 2.09. The van der Waals surface area contributed by atoms with Crippen molar-refractivity contribution in [1.82, 2.24) is 0 Å². The Morgan fingerprint density at radius 1 is 1.67 bits per heavy atom. The van der Waals surface area contributed by atoms with Crippen LogP contribution in [0.5, 0.6) is 5.75 Å². The smallest absolute Gasteiger partial charge is 0.311 e. The lowest BCUT2D eigenvalue weighted by atomic mass is 10.0. The van der Waals surface area contributed by atoms with Gasteiger partial charge in [0.2, 0.25) is 0 Å². The van der Waals surface area contributed by atoms with Gasteiger partial charge in [-0.1, -0.05) is 12.1 Å². The van der Waals surface area contributed by atoms with Crippen LogP contribution in [0.1, 0.15) is 11.5 Å². The van der Waals surface area contributed by atoms with E-state index in [1.807, 2.05) is 0 Å². The Morgan fingerprint density at radius 3 is 2.80 bits per heavy atom. The average molecular weight is 210 g/mol. The molecule has 0 saturated heterocycles. The predicted molar refractivity (Wildman–Crippen MR) is 54.8 cm³/mol. The number of rotatable bonds is 4. The molecular formula is C10H12NO4. The molecule has 0 saturated carbocycles. The summed E-state index contributed by atoms with van der Waals surface area (Å²) in [5.41, 5.74) is 0.423. The van der Waals surface area contributed by atoms with Gasteiger partial charge in [-0.05, 0) is 6.92 Å². The van der Waals surface area contributed by atoms with E-state index in [0.29, 0.717) is 5.56 Å². The monoisotopic (exact) mass is 210 g/mol. The molecule has 1 unspecified atom stereocenters. The predicted octanol–water partition coefficient (Wildman–Crippen LogP) is 1.51. The van der Waals surface area contributed by atoms with Crippen LogP contribution < -0.4 is 4.74 Å². The van der Waals surface area contributed by atoms with Crippen molar-refractivity contribution in [3.05, 3.63) is 40.8 Å². The minimum Gasteiger partial charge on any atom is -0.490 e. The number of nitro groups is 1. The number of benzene rings is 1. The second-order valence-electron chi connectivity index (χ2n) is 3.04. The van der Waals surface area contributed by atoms with E-state index in [-0.39, 0.29) is 18.0 Å². The summed E-state index contributed by atoms with van der Waals surface area (Å²) in [6.07, 6.45) is 0. The Kier molecular flexibility index (Phi) is 3.62. The molecule has 0 aromatic heterocycles. The molecule has 15 heavy (non-hydrogen) atoms. The highest BCUT2D eigenvalue weighted by Crippen LogP contribution is 2.34. The number of nitro benzene ring substituents is 1. The zero-order chi connectivity index (χ0) is 11.4. The van der Waals surface area contributed by atoms with Crippen LogP contribution in [0, 0.1) is 17.0 Å². The zero-order valence-electron chi connectivity index (χ0n) is 8.34. The van der Waals surface area contributed by atoms with E-state index in [1.54, 1.807) is 12.1 Å². The number of aliphatic hydroxyl groups is 1. The van der Waals surface area contributed by atoms with E-state index in [1.165, 1.54) is 13.2 Å². The molecule has 1 aromatic rings. The van der Waals surface area contributed by atoms with E-state index < -0.39 is 10.8 Å². The maximum atomic E-state index is 10.7. The molecule has 0 aliphatic heterocycles. The summed E-state index contributed by atoms with van der Waals surface area (Å²) in [6.45, 7) is 3.50. The maximum Gasteiger partial charge on any atom is 0.311 e. The van der Waals surface area contributed by atoms with Gasteiger partial charge in [0.05, 0.1) is 18.6 Å². The van der Waals surface area contributed by atoms with Gasteiger partial charge in [0, 0.05) is 17.5 Å². The number of para-hydroxylation sites is 1. The highest BCUT2D eigenvalue weighted by molar-refractivity contribution is 5.53. The van der Waals surface area contributed by atoms with E-state index in [0.717, 1.165) is 0 Å². The number of aliphatic hydroxyl groups excluding tert-OH is 1. The molecule has 0 heterocycles. The molecule has 1 rings (SSSR count). The van der Waals surface area contributed by atoms with Crippen molar-refractivity contribution < 1.29 is 14.8 Å². The second kappa shape index (κ2) is 4.75. The number of ether oxygens (including phenoxy) is 1. The van der Waals surface area contributed by atoms with Gasteiger partial charge in [-0.3, -0.25) is 10.1 Å². The lowest BCUT2D eigenvalue weighted by Gasteiger charge is -2.12. The van der Waals surface area contributed by atoms with Crippen LogP contribution in [0.4, 0.5) is 5.69 Å². The first-order chi connectivity index (χ1) is 7.11. The van der Waals surface area contributed by atoms with Gasteiger partial charge in [0.15, 0.2) is 5.75 Å². The van der Waals surface area contributed by atoms with Crippen LogP contribution in [-0.4, -0.2) is 23.7 Å². The summed E-state index contributed by atoms with van der Waals surface area (Å²) in [4.78, 5) is 10.2. The first-order valence-electron chi connectivity index (χ1n) is 4.37. The number of hydrogen-bond acceptors (Lipinski definition) is 4. The van der Waals surface area contributed by atoms with Crippen molar-refractivity contribution in [3.8, 4) is 5.75 Å². The summed E-state index contributed by atoms with van der Waals surface area (Å²) in [7, 11) is 1.36. The number of nitrogens with zero attached hydrogens (tertiary/aromatic N) is 1. The van der Waals surface area contributed by atoms with Gasteiger partial charge in [0.25, 0.3) is 0 Å². The van der Waals surface area contributed by atoms with Gasteiger partial charge >= 0.3 is 5.69 Å². The van der Waals surface area contributed by atoms with Crippen molar-refractivity contribution in [2.75, 3.05) is 13.7 Å². The highest BCUT2D eigenvalue weighted by atomic mass is 16.6. The molecule has 5 nitrogen and oxygen atoms in total. The van der Waals surface area contributed by atoms with Crippen LogP contribution >= 0.6 is 0 Å². The second-order valence-corrected chi connectivity index (χ2v) is 3.04. The summed E-state index contributed by atoms with van der Waals surface area (Å²) < 4.78 is 4.97. The maximum absolute atomic E-state index is 10.7. The van der Waals surface area contributed by atoms with E-state index >= 15 is 0 Å². The van der Waals surface area contributed by atoms with Crippen molar-refractivity contribution >= 4 is 5.69 Å². The zero-order valence-corrected chi connectivity index (χ0v) is 8.34. The molecule has 1 aromatic carbocycles. The minimum absolute atomic E-state index is 0.114. The van der Waals surface area contributed by atoms with Crippen molar-refractivity contribution in [2.45, 2.75) is 5.92 Å². The van der Waals surface area contributed by atoms with Crippen molar-refractivity contribution in [3.63, 3.8) is 0 Å². The lowest BCUT2D eigenvalue weighted by molar-refractivity contribution is -0.385. The topological polar surface area (TPSA) is 72.6 Å². The standard InChI is InChI=1S/C10H12NO4/c1-7(6-12)8-4-3-5-9(11(13)14)10(8)15-2/h3-5,7,12H,1,6H2,2H3. The van der Waals surface area contributed by atoms with Crippen LogP contribution in [-0.2, 0) is 0 Å². The third kappa shape index (κ3) is 2.24. The van der Waals surface area contributed by atoms with Crippen LogP contribution in [0.15, 0.2) is 18.2 Å². The highest BCUT2D eigenvalue weighted by Gasteiger charge is 2.20. The molecule has 1 N–H and O–H groups in total. The number of methoxy groups -OCH3 is 1. The van der Waals surface area contributed by atoms with Crippen LogP contribution in [0.3, 0.4) is 0 Å². The van der Waals surface area contributed by atoms with Gasteiger partial charge in [-0.15, -0.1) is 0 Å². The molecule has 1 atom stereocenters. The summed E-state index contributed by atoms with van der Waals surface area (Å²) >= 11 is 0. The largest absolute Gasteiger partial charge is 0.490 e. The first-order valence-corrected chi connectivity index (χ1v) is 4.37. The summed E-state index contributed by atoms with van der Waals surface area (Å²) in [5, 5.41) is 19.6. The lowest BCUT2D eigenvalue weighted by Crippen LogP contribution is -2.04. The Balaban J connectivity index is 3.28. The van der Waals surface area contributed by atoms with E-state index in [4.69, 9.17) is 9.84 Å². The fourth-order valence-electron chi connectivity index (χ4n) is 1.33. The fourth-order valence-corrected chi connectivity index (χ4v) is 1.33. The minimum atomic E-state index is -0.521. The summed E-state index contributed by atoms with van der Waals surface area (Å²) in [5.74, 6) is -0.267. The van der Waals surface area contributed by atoms with Gasteiger partial charge < -0.3 is 9.84 Å². The molecule has 0 bridgehead atoms. The van der Waals surface area contributed by atoms with E-state index in [9.17, 15) is 10.1 Å². The van der Waals surface area contributed by atoms with Gasteiger partial charge in [0.1, 0.15) is 0 Å². The Bertz CT molecular complexity index is 364. The molecule has 1 radical (unpaired) electrons. The van der Waals surface area contributed by atoms with Crippen molar-refractivity contribution in [1.29, 1.82) is 0 Å². The third-order valence-corrected chi connectivity index (χ3v) is 2.09. The van der Waals surface area contributed by atoms with Gasteiger partial charge in [-0.25, -0.2) is 0 Å². The first kappa shape index (κ1) is 11.5. The quantitative estimate of drug-likeness (QED) is 0.604. The fraction of sp³-hybridized carbons (Fsp3) is 0.300. The van der Waals surface area contributed by atoms with Gasteiger partial charge in [-0.2, -0.15) is 0 Å². The molecule has 0 aliphatic rings. The van der Waals surface area contributed by atoms with Crippen LogP contribution in [0.25, 0.3) is 0 Å². The average Bonchev–Trinajstić information content (AvgIpc) is 2.26. The molecule has 0 fully saturated rings. The molecule has 0 aliphatic carbocycles. The molecule has 0 spiro atoms. The summed E-state index contributed by atoms with van der Waals surface area (Å²) in [6, 6.07) is 4.55.